The maximum atomic E-state index is 15.4. The standard InChI is InChI=1S/C27H23F2N3O3/c1-26(14-33-15-26)7-6-16-9-20-24(21(28)10-16)34-22-5-4-17(18-3-2-8-32-25(18)29)11-19(22)27(20)13-31-12-23(30)35-27/h2-5,8-11,23,31H,12-15,30H2,1H3/t23-,27?/m0/s1. The number of nitrogens with two attached hydrogens (primary N) is 1. The van der Waals surface area contributed by atoms with Gasteiger partial charge in [0.15, 0.2) is 11.6 Å². The molecule has 4 heterocycles. The molecule has 3 aliphatic heterocycles. The van der Waals surface area contributed by atoms with Gasteiger partial charge in [-0.25, -0.2) is 9.37 Å². The lowest BCUT2D eigenvalue weighted by Gasteiger charge is -2.45. The van der Waals surface area contributed by atoms with Crippen LogP contribution in [0.3, 0.4) is 0 Å². The summed E-state index contributed by atoms with van der Waals surface area (Å²) in [6.45, 7) is 3.85. The molecular formula is C27H23F2N3O3. The van der Waals surface area contributed by atoms with Gasteiger partial charge in [-0.3, -0.25) is 0 Å². The van der Waals surface area contributed by atoms with E-state index in [-0.39, 0.29) is 11.2 Å². The third-order valence-corrected chi connectivity index (χ3v) is 6.60. The Kier molecular flexibility index (Phi) is 5.13. The summed E-state index contributed by atoms with van der Waals surface area (Å²) in [4.78, 5) is 3.76. The SMILES string of the molecule is CC1(C#Cc2cc(F)c3c(c2)C2(CNC[C@@H](N)O2)c2cc(-c4cccnc4F)ccc2O3)COC1. The second-order valence-electron chi connectivity index (χ2n) is 9.41. The minimum atomic E-state index is -1.16. The van der Waals surface area contributed by atoms with Crippen molar-refractivity contribution < 1.29 is 23.0 Å². The fourth-order valence-electron chi connectivity index (χ4n) is 4.78. The Morgan fingerprint density at radius 2 is 2.00 bits per heavy atom. The zero-order valence-corrected chi connectivity index (χ0v) is 19.0. The molecule has 0 amide bonds. The number of aromatic nitrogens is 1. The summed E-state index contributed by atoms with van der Waals surface area (Å²) in [6, 6.07) is 11.7. The van der Waals surface area contributed by atoms with E-state index in [1.807, 2.05) is 6.92 Å². The average molecular weight is 475 g/mol. The van der Waals surface area contributed by atoms with Crippen LogP contribution in [-0.4, -0.2) is 37.5 Å². The van der Waals surface area contributed by atoms with E-state index < -0.39 is 23.6 Å². The molecule has 2 fully saturated rings. The normalized spacial score (nSPS) is 23.8. The molecule has 0 aliphatic carbocycles. The molecule has 1 aromatic heterocycles. The second kappa shape index (κ2) is 8.11. The lowest BCUT2D eigenvalue weighted by atomic mass is 9.80. The van der Waals surface area contributed by atoms with Crippen molar-refractivity contribution in [2.24, 2.45) is 11.1 Å². The minimum absolute atomic E-state index is 0.0671. The quantitative estimate of drug-likeness (QED) is 0.413. The third-order valence-electron chi connectivity index (χ3n) is 6.60. The lowest BCUT2D eigenvalue weighted by molar-refractivity contribution is -0.0973. The fourth-order valence-corrected chi connectivity index (χ4v) is 4.78. The highest BCUT2D eigenvalue weighted by atomic mass is 19.1. The summed E-state index contributed by atoms with van der Waals surface area (Å²) < 4.78 is 47.5. The van der Waals surface area contributed by atoms with Crippen molar-refractivity contribution in [3.05, 3.63) is 77.1 Å². The van der Waals surface area contributed by atoms with Crippen molar-refractivity contribution in [2.45, 2.75) is 18.8 Å². The van der Waals surface area contributed by atoms with Gasteiger partial charge in [0.1, 0.15) is 17.6 Å². The number of morpholine rings is 1. The van der Waals surface area contributed by atoms with E-state index in [4.69, 9.17) is 19.9 Å². The first kappa shape index (κ1) is 22.1. The molecule has 8 heteroatoms. The van der Waals surface area contributed by atoms with Crippen LogP contribution in [0.25, 0.3) is 11.1 Å². The maximum Gasteiger partial charge on any atom is 0.220 e. The van der Waals surface area contributed by atoms with Gasteiger partial charge in [0.2, 0.25) is 5.95 Å². The molecule has 1 spiro atoms. The highest BCUT2D eigenvalue weighted by molar-refractivity contribution is 5.69. The molecule has 3 aromatic rings. The van der Waals surface area contributed by atoms with Crippen LogP contribution in [0.15, 0.2) is 48.7 Å². The number of nitrogens with one attached hydrogen (secondary N) is 1. The monoisotopic (exact) mass is 475 g/mol. The number of hydrogen-bond donors (Lipinski definition) is 2. The van der Waals surface area contributed by atoms with Gasteiger partial charge in [-0.05, 0) is 48.9 Å². The van der Waals surface area contributed by atoms with Crippen molar-refractivity contribution in [1.82, 2.24) is 10.3 Å². The molecule has 2 saturated heterocycles. The molecule has 178 valence electrons. The van der Waals surface area contributed by atoms with Crippen LogP contribution in [0.2, 0.25) is 0 Å². The zero-order chi connectivity index (χ0) is 24.2. The van der Waals surface area contributed by atoms with Gasteiger partial charge in [0.25, 0.3) is 0 Å². The lowest BCUT2D eigenvalue weighted by Crippen LogP contribution is -2.56. The topological polar surface area (TPSA) is 78.6 Å². The summed E-state index contributed by atoms with van der Waals surface area (Å²) in [7, 11) is 0. The van der Waals surface area contributed by atoms with Crippen LogP contribution in [0, 0.1) is 29.0 Å². The van der Waals surface area contributed by atoms with Crippen LogP contribution in [-0.2, 0) is 15.1 Å². The van der Waals surface area contributed by atoms with E-state index >= 15 is 4.39 Å². The second-order valence-corrected chi connectivity index (χ2v) is 9.41. The van der Waals surface area contributed by atoms with Crippen LogP contribution >= 0.6 is 0 Å². The van der Waals surface area contributed by atoms with Gasteiger partial charge in [-0.1, -0.05) is 17.9 Å². The van der Waals surface area contributed by atoms with Crippen molar-refractivity contribution in [3.63, 3.8) is 0 Å². The highest BCUT2D eigenvalue weighted by Gasteiger charge is 2.48. The van der Waals surface area contributed by atoms with Gasteiger partial charge in [-0.15, -0.1) is 0 Å². The number of benzene rings is 2. The molecule has 6 rings (SSSR count). The van der Waals surface area contributed by atoms with E-state index in [1.54, 1.807) is 36.4 Å². The first-order valence-electron chi connectivity index (χ1n) is 11.4. The molecule has 1 unspecified atom stereocenters. The zero-order valence-electron chi connectivity index (χ0n) is 19.0. The van der Waals surface area contributed by atoms with Crippen molar-refractivity contribution in [3.8, 4) is 34.5 Å². The summed E-state index contributed by atoms with van der Waals surface area (Å²) >= 11 is 0. The highest BCUT2D eigenvalue weighted by Crippen LogP contribution is 2.51. The van der Waals surface area contributed by atoms with E-state index in [2.05, 4.69) is 22.1 Å². The number of ether oxygens (including phenoxy) is 3. The average Bonchev–Trinajstić information content (AvgIpc) is 2.83. The Morgan fingerprint density at radius 1 is 1.14 bits per heavy atom. The van der Waals surface area contributed by atoms with E-state index in [0.717, 1.165) is 0 Å². The number of nitrogens with zero attached hydrogens (tertiary/aromatic N) is 1. The molecule has 2 atom stereocenters. The molecule has 2 aromatic carbocycles. The maximum absolute atomic E-state index is 15.4. The molecule has 35 heavy (non-hydrogen) atoms. The minimum Gasteiger partial charge on any atom is -0.453 e. The summed E-state index contributed by atoms with van der Waals surface area (Å²) in [6.07, 6.45) is 0.748. The smallest absolute Gasteiger partial charge is 0.220 e. The van der Waals surface area contributed by atoms with Crippen molar-refractivity contribution in [2.75, 3.05) is 26.3 Å². The van der Waals surface area contributed by atoms with Gasteiger partial charge < -0.3 is 25.3 Å². The predicted molar refractivity (Wildman–Crippen MR) is 125 cm³/mol. The molecule has 0 bridgehead atoms. The number of halogens is 2. The Labute approximate surface area is 201 Å². The largest absolute Gasteiger partial charge is 0.453 e. The van der Waals surface area contributed by atoms with E-state index in [1.165, 1.54) is 12.3 Å². The summed E-state index contributed by atoms with van der Waals surface area (Å²) in [5, 5.41) is 3.29. The Balaban J connectivity index is 1.53. The van der Waals surface area contributed by atoms with Crippen molar-refractivity contribution in [1.29, 1.82) is 0 Å². The Morgan fingerprint density at radius 3 is 2.74 bits per heavy atom. The molecule has 6 nitrogen and oxygen atoms in total. The number of rotatable bonds is 1. The summed E-state index contributed by atoms with van der Waals surface area (Å²) in [5.41, 5.74) is 7.35. The Hall–Kier alpha value is -3.35. The number of fused-ring (bicyclic) bond motifs is 4. The van der Waals surface area contributed by atoms with Gasteiger partial charge in [-0.2, -0.15) is 4.39 Å². The molecule has 3 aliphatic rings. The molecule has 0 radical (unpaired) electrons. The van der Waals surface area contributed by atoms with Gasteiger partial charge in [0, 0.05) is 41.5 Å². The van der Waals surface area contributed by atoms with Crippen LogP contribution in [0.4, 0.5) is 8.78 Å². The Bertz CT molecular complexity index is 1400. The van der Waals surface area contributed by atoms with Crippen LogP contribution in [0.1, 0.15) is 23.6 Å². The van der Waals surface area contributed by atoms with Crippen molar-refractivity contribution >= 4 is 0 Å². The summed E-state index contributed by atoms with van der Waals surface area (Å²) in [5.74, 6) is 5.63. The first-order valence-corrected chi connectivity index (χ1v) is 11.4. The van der Waals surface area contributed by atoms with E-state index in [0.29, 0.717) is 59.9 Å². The molecular weight excluding hydrogens is 452 g/mol. The van der Waals surface area contributed by atoms with E-state index in [9.17, 15) is 4.39 Å². The predicted octanol–water partition coefficient (Wildman–Crippen LogP) is 3.67. The first-order chi connectivity index (χ1) is 16.9. The molecule has 0 saturated carbocycles. The van der Waals surface area contributed by atoms with Crippen LogP contribution < -0.4 is 15.8 Å². The third kappa shape index (κ3) is 3.68. The number of hydrogen-bond acceptors (Lipinski definition) is 6. The van der Waals surface area contributed by atoms with Gasteiger partial charge >= 0.3 is 0 Å². The van der Waals surface area contributed by atoms with Gasteiger partial charge in [0.05, 0.1) is 18.6 Å². The fraction of sp³-hybridized carbons (Fsp3) is 0.296. The molecule has 3 N–H and O–H groups in total. The van der Waals surface area contributed by atoms with Crippen LogP contribution in [0.5, 0.6) is 11.5 Å². The number of pyridine rings is 1.